The highest BCUT2D eigenvalue weighted by Crippen LogP contribution is 2.24. The van der Waals surface area contributed by atoms with Crippen LogP contribution in [0.3, 0.4) is 0 Å². The van der Waals surface area contributed by atoms with Crippen molar-refractivity contribution in [1.29, 1.82) is 0 Å². The van der Waals surface area contributed by atoms with Gasteiger partial charge < -0.3 is 4.52 Å². The van der Waals surface area contributed by atoms with E-state index in [9.17, 15) is 0 Å². The highest BCUT2D eigenvalue weighted by atomic mass is 35.5. The summed E-state index contributed by atoms with van der Waals surface area (Å²) in [6.45, 7) is 4.13. The normalized spacial score (nSPS) is 11.1. The summed E-state index contributed by atoms with van der Waals surface area (Å²) in [4.78, 5) is 0. The van der Waals surface area contributed by atoms with Crippen molar-refractivity contribution >= 4 is 22.6 Å². The number of fused-ring (bicyclic) bond motifs is 1. The fraction of sp³-hybridized carbons (Fsp3) is 0.364. The molecule has 0 saturated carbocycles. The summed E-state index contributed by atoms with van der Waals surface area (Å²) >= 11 is 5.70. The zero-order valence-electron chi connectivity index (χ0n) is 8.30. The lowest BCUT2D eigenvalue weighted by atomic mass is 10.1. The predicted octanol–water partition coefficient (Wildman–Crippen LogP) is 3.23. The third kappa shape index (κ3) is 1.50. The molecule has 0 atom stereocenters. The van der Waals surface area contributed by atoms with Crippen LogP contribution >= 0.6 is 11.6 Å². The van der Waals surface area contributed by atoms with Gasteiger partial charge in [0.05, 0.1) is 5.69 Å². The smallest absolute Gasteiger partial charge is 0.167 e. The van der Waals surface area contributed by atoms with Gasteiger partial charge >= 0.3 is 0 Å². The number of nitrogens with zero attached hydrogens (tertiary/aromatic N) is 1. The Morgan fingerprint density at radius 3 is 2.86 bits per heavy atom. The van der Waals surface area contributed by atoms with Crippen molar-refractivity contribution in [2.24, 2.45) is 0 Å². The first-order valence-corrected chi connectivity index (χ1v) is 5.17. The minimum Gasteiger partial charge on any atom is -0.356 e. The summed E-state index contributed by atoms with van der Waals surface area (Å²) in [5, 5.41) is 5.15. The number of benzene rings is 1. The zero-order chi connectivity index (χ0) is 10.1. The van der Waals surface area contributed by atoms with Crippen LogP contribution < -0.4 is 0 Å². The number of aromatic nitrogens is 1. The van der Waals surface area contributed by atoms with E-state index in [0.29, 0.717) is 5.88 Å². The van der Waals surface area contributed by atoms with Crippen LogP contribution in [0.4, 0.5) is 0 Å². The Labute approximate surface area is 87.8 Å². The van der Waals surface area contributed by atoms with Gasteiger partial charge in [0.25, 0.3) is 0 Å². The molecule has 0 fully saturated rings. The molecule has 0 aliphatic carbocycles. The standard InChI is InChI=1S/C11H12ClNO/c1-7-5-8(2)11-9(3-4-12)13-14-10(11)6-7/h5-6H,3-4H2,1-2H3. The topological polar surface area (TPSA) is 26.0 Å². The molecular weight excluding hydrogens is 198 g/mol. The second-order valence-electron chi connectivity index (χ2n) is 3.52. The maximum absolute atomic E-state index is 5.70. The number of hydrogen-bond acceptors (Lipinski definition) is 2. The van der Waals surface area contributed by atoms with E-state index in [2.05, 4.69) is 25.1 Å². The van der Waals surface area contributed by atoms with Crippen LogP contribution in [0.25, 0.3) is 11.0 Å². The highest BCUT2D eigenvalue weighted by molar-refractivity contribution is 6.18. The molecule has 2 rings (SSSR count). The van der Waals surface area contributed by atoms with Crippen LogP contribution in [0.5, 0.6) is 0 Å². The molecule has 0 unspecified atom stereocenters. The van der Waals surface area contributed by atoms with E-state index in [0.717, 1.165) is 23.1 Å². The molecule has 1 aromatic heterocycles. The fourth-order valence-electron chi connectivity index (χ4n) is 1.78. The molecule has 0 saturated heterocycles. The van der Waals surface area contributed by atoms with Crippen LogP contribution in [0.2, 0.25) is 0 Å². The summed E-state index contributed by atoms with van der Waals surface area (Å²) in [6, 6.07) is 4.14. The number of halogens is 1. The van der Waals surface area contributed by atoms with Crippen LogP contribution in [0, 0.1) is 13.8 Å². The first-order chi connectivity index (χ1) is 6.72. The zero-order valence-corrected chi connectivity index (χ0v) is 9.06. The Balaban J connectivity index is 2.66. The van der Waals surface area contributed by atoms with Crippen molar-refractivity contribution in [3.63, 3.8) is 0 Å². The summed E-state index contributed by atoms with van der Waals surface area (Å²) < 4.78 is 5.25. The van der Waals surface area contributed by atoms with E-state index in [1.807, 2.05) is 6.07 Å². The largest absolute Gasteiger partial charge is 0.356 e. The van der Waals surface area contributed by atoms with Gasteiger partial charge in [-0.05, 0) is 31.0 Å². The van der Waals surface area contributed by atoms with E-state index in [1.165, 1.54) is 11.1 Å². The van der Waals surface area contributed by atoms with E-state index in [1.54, 1.807) is 0 Å². The van der Waals surface area contributed by atoms with Crippen LogP contribution in [0.1, 0.15) is 16.8 Å². The minimum atomic E-state index is 0.578. The average Bonchev–Trinajstić information content (AvgIpc) is 2.49. The number of rotatable bonds is 2. The van der Waals surface area contributed by atoms with Crippen LogP contribution in [0.15, 0.2) is 16.7 Å². The minimum absolute atomic E-state index is 0.578. The summed E-state index contributed by atoms with van der Waals surface area (Å²) in [7, 11) is 0. The van der Waals surface area contributed by atoms with Gasteiger partial charge in [-0.2, -0.15) is 0 Å². The molecular formula is C11H12ClNO. The van der Waals surface area contributed by atoms with Gasteiger partial charge in [0.1, 0.15) is 0 Å². The quantitative estimate of drug-likeness (QED) is 0.710. The maximum atomic E-state index is 5.70. The molecule has 2 aromatic rings. The highest BCUT2D eigenvalue weighted by Gasteiger charge is 2.10. The molecule has 3 heteroatoms. The van der Waals surface area contributed by atoms with E-state index >= 15 is 0 Å². The Morgan fingerprint density at radius 2 is 2.14 bits per heavy atom. The van der Waals surface area contributed by atoms with Crippen molar-refractivity contribution in [3.05, 3.63) is 29.0 Å². The summed E-state index contributed by atoms with van der Waals surface area (Å²) in [5.41, 5.74) is 4.24. The van der Waals surface area contributed by atoms with Crippen LogP contribution in [-0.4, -0.2) is 11.0 Å². The van der Waals surface area contributed by atoms with Gasteiger partial charge in [-0.15, -0.1) is 11.6 Å². The lowest BCUT2D eigenvalue weighted by Crippen LogP contribution is -1.88. The van der Waals surface area contributed by atoms with Gasteiger partial charge in [-0.1, -0.05) is 11.2 Å². The van der Waals surface area contributed by atoms with E-state index < -0.39 is 0 Å². The SMILES string of the molecule is Cc1cc(C)c2c(CCCl)noc2c1. The van der Waals surface area contributed by atoms with E-state index in [4.69, 9.17) is 16.1 Å². The third-order valence-electron chi connectivity index (χ3n) is 2.32. The Bertz CT molecular complexity index is 462. The molecule has 0 N–H and O–H groups in total. The van der Waals surface area contributed by atoms with Crippen molar-refractivity contribution < 1.29 is 4.52 Å². The molecule has 2 nitrogen and oxygen atoms in total. The van der Waals surface area contributed by atoms with Gasteiger partial charge in [-0.3, -0.25) is 0 Å². The molecule has 14 heavy (non-hydrogen) atoms. The monoisotopic (exact) mass is 209 g/mol. The summed E-state index contributed by atoms with van der Waals surface area (Å²) in [5.74, 6) is 0.578. The lowest BCUT2D eigenvalue weighted by Gasteiger charge is -1.98. The number of aryl methyl sites for hydroxylation is 3. The molecule has 1 aromatic carbocycles. The van der Waals surface area contributed by atoms with Gasteiger partial charge in [0.15, 0.2) is 5.58 Å². The van der Waals surface area contributed by atoms with Crippen molar-refractivity contribution in [3.8, 4) is 0 Å². The maximum Gasteiger partial charge on any atom is 0.167 e. The third-order valence-corrected chi connectivity index (χ3v) is 2.51. The van der Waals surface area contributed by atoms with Crippen molar-refractivity contribution in [2.75, 3.05) is 5.88 Å². The van der Waals surface area contributed by atoms with Gasteiger partial charge in [0.2, 0.25) is 0 Å². The fourth-order valence-corrected chi connectivity index (χ4v) is 1.96. The lowest BCUT2D eigenvalue weighted by molar-refractivity contribution is 0.447. The molecule has 0 aliphatic heterocycles. The van der Waals surface area contributed by atoms with Crippen molar-refractivity contribution in [2.45, 2.75) is 20.3 Å². The van der Waals surface area contributed by atoms with E-state index in [-0.39, 0.29) is 0 Å². The Kier molecular flexibility index (Phi) is 2.46. The first kappa shape index (κ1) is 9.53. The second kappa shape index (κ2) is 3.62. The first-order valence-electron chi connectivity index (χ1n) is 4.64. The molecule has 0 bridgehead atoms. The molecule has 0 radical (unpaired) electrons. The number of alkyl halides is 1. The second-order valence-corrected chi connectivity index (χ2v) is 3.90. The van der Waals surface area contributed by atoms with Gasteiger partial charge in [0, 0.05) is 17.7 Å². The summed E-state index contributed by atoms with van der Waals surface area (Å²) in [6.07, 6.45) is 0.762. The average molecular weight is 210 g/mol. The Hall–Kier alpha value is -1.02. The molecule has 1 heterocycles. The molecule has 0 amide bonds. The predicted molar refractivity (Wildman–Crippen MR) is 57.9 cm³/mol. The van der Waals surface area contributed by atoms with Gasteiger partial charge in [-0.25, -0.2) is 0 Å². The number of hydrogen-bond donors (Lipinski definition) is 0. The van der Waals surface area contributed by atoms with Crippen molar-refractivity contribution in [1.82, 2.24) is 5.16 Å². The van der Waals surface area contributed by atoms with Crippen LogP contribution in [-0.2, 0) is 6.42 Å². The molecule has 0 spiro atoms. The molecule has 74 valence electrons. The Morgan fingerprint density at radius 1 is 1.36 bits per heavy atom. The molecule has 0 aliphatic rings.